The molecular formula is C12H17FN2O2S2. The van der Waals surface area contributed by atoms with E-state index in [1.165, 1.54) is 12.1 Å². The fraction of sp³-hybridized carbons (Fsp3) is 0.500. The maximum atomic E-state index is 13.3. The number of nitrogens with two attached hydrogens (primary N) is 1. The summed E-state index contributed by atoms with van der Waals surface area (Å²) < 4.78 is 40.2. The fourth-order valence-electron chi connectivity index (χ4n) is 2.22. The zero-order chi connectivity index (χ0) is 14.0. The third-order valence-corrected chi connectivity index (χ3v) is 5.93. The van der Waals surface area contributed by atoms with Crippen molar-refractivity contribution in [2.45, 2.75) is 35.4 Å². The van der Waals surface area contributed by atoms with Gasteiger partial charge in [0, 0.05) is 11.3 Å². The van der Waals surface area contributed by atoms with Crippen LogP contribution in [0.2, 0.25) is 0 Å². The maximum Gasteiger partial charge on any atom is 0.240 e. The summed E-state index contributed by atoms with van der Waals surface area (Å²) >= 11 is 1.75. The molecule has 0 aliphatic heterocycles. The molecule has 2 rings (SSSR count). The molecule has 7 heteroatoms. The molecule has 1 fully saturated rings. The second-order valence-corrected chi connectivity index (χ2v) is 7.52. The second-order valence-electron chi connectivity index (χ2n) is 4.67. The van der Waals surface area contributed by atoms with E-state index in [0.717, 1.165) is 25.3 Å². The van der Waals surface area contributed by atoms with E-state index in [1.807, 2.05) is 6.26 Å². The van der Waals surface area contributed by atoms with Gasteiger partial charge in [0.25, 0.3) is 0 Å². The van der Waals surface area contributed by atoms with Crippen molar-refractivity contribution < 1.29 is 12.8 Å². The first-order valence-electron chi connectivity index (χ1n) is 6.02. The van der Waals surface area contributed by atoms with Crippen molar-refractivity contribution in [1.29, 1.82) is 0 Å². The molecule has 0 saturated heterocycles. The summed E-state index contributed by atoms with van der Waals surface area (Å²) in [5.74, 6) is -0.712. The number of hydrogen-bond acceptors (Lipinski definition) is 4. The molecular weight excluding hydrogens is 287 g/mol. The maximum absolute atomic E-state index is 13.3. The second kappa shape index (κ2) is 5.68. The highest BCUT2D eigenvalue weighted by molar-refractivity contribution is 7.99. The van der Waals surface area contributed by atoms with E-state index in [1.54, 1.807) is 11.8 Å². The van der Waals surface area contributed by atoms with Crippen LogP contribution >= 0.6 is 11.8 Å². The summed E-state index contributed by atoms with van der Waals surface area (Å²) in [4.78, 5) is -0.0770. The monoisotopic (exact) mass is 304 g/mol. The van der Waals surface area contributed by atoms with Crippen molar-refractivity contribution in [2.75, 3.05) is 12.0 Å². The van der Waals surface area contributed by atoms with Crippen LogP contribution in [0.15, 0.2) is 23.1 Å². The predicted molar refractivity (Wildman–Crippen MR) is 76.1 cm³/mol. The van der Waals surface area contributed by atoms with Crippen molar-refractivity contribution in [1.82, 2.24) is 4.72 Å². The summed E-state index contributed by atoms with van der Waals surface area (Å²) in [7, 11) is -3.67. The van der Waals surface area contributed by atoms with Crippen LogP contribution in [0.1, 0.15) is 19.3 Å². The summed E-state index contributed by atoms with van der Waals surface area (Å²) in [5.41, 5.74) is 5.29. The Bertz CT molecular complexity index is 563. The van der Waals surface area contributed by atoms with Crippen LogP contribution in [0.3, 0.4) is 0 Å². The van der Waals surface area contributed by atoms with Crippen LogP contribution < -0.4 is 10.5 Å². The van der Waals surface area contributed by atoms with Crippen molar-refractivity contribution in [3.63, 3.8) is 0 Å². The minimum absolute atomic E-state index is 0.0535. The topological polar surface area (TPSA) is 72.2 Å². The van der Waals surface area contributed by atoms with Gasteiger partial charge in [-0.2, -0.15) is 11.8 Å². The van der Waals surface area contributed by atoms with E-state index >= 15 is 0 Å². The van der Waals surface area contributed by atoms with Crippen molar-refractivity contribution in [2.24, 2.45) is 0 Å². The molecule has 0 radical (unpaired) electrons. The molecule has 2 unspecified atom stereocenters. The molecule has 3 N–H and O–H groups in total. The number of rotatable bonds is 4. The van der Waals surface area contributed by atoms with Gasteiger partial charge in [-0.3, -0.25) is 0 Å². The molecule has 1 saturated carbocycles. The molecule has 0 spiro atoms. The van der Waals surface area contributed by atoms with Gasteiger partial charge in [0.2, 0.25) is 10.0 Å². The van der Waals surface area contributed by atoms with E-state index < -0.39 is 15.8 Å². The molecule has 106 valence electrons. The smallest absolute Gasteiger partial charge is 0.240 e. The summed E-state index contributed by atoms with van der Waals surface area (Å²) in [6.45, 7) is 0. The van der Waals surface area contributed by atoms with Gasteiger partial charge >= 0.3 is 0 Å². The molecule has 1 aliphatic carbocycles. The Morgan fingerprint density at radius 3 is 2.74 bits per heavy atom. The van der Waals surface area contributed by atoms with Crippen LogP contribution in [0, 0.1) is 5.82 Å². The molecule has 0 amide bonds. The third-order valence-electron chi connectivity index (χ3n) is 3.32. The van der Waals surface area contributed by atoms with Gasteiger partial charge in [-0.05, 0) is 43.7 Å². The van der Waals surface area contributed by atoms with E-state index in [-0.39, 0.29) is 16.6 Å². The first-order chi connectivity index (χ1) is 8.92. The van der Waals surface area contributed by atoms with Gasteiger partial charge in [-0.25, -0.2) is 17.5 Å². The highest BCUT2D eigenvalue weighted by Crippen LogP contribution is 2.29. The molecule has 0 bridgehead atoms. The molecule has 0 heterocycles. The Morgan fingerprint density at radius 1 is 1.42 bits per heavy atom. The van der Waals surface area contributed by atoms with Crippen molar-refractivity contribution in [3.05, 3.63) is 24.0 Å². The van der Waals surface area contributed by atoms with Gasteiger partial charge < -0.3 is 5.73 Å². The number of halogens is 1. The predicted octanol–water partition coefficient (Wildman–Crippen LogP) is 1.97. The zero-order valence-electron chi connectivity index (χ0n) is 10.6. The Balaban J connectivity index is 2.12. The number of anilines is 1. The Labute approximate surface area is 117 Å². The summed E-state index contributed by atoms with van der Waals surface area (Å²) in [6, 6.07) is 3.48. The SMILES string of the molecule is CSC1CCC(NS(=O)(=O)c2ccc(N)c(F)c2)C1. The van der Waals surface area contributed by atoms with Crippen LogP contribution in [0.4, 0.5) is 10.1 Å². The van der Waals surface area contributed by atoms with Gasteiger partial charge in [0.15, 0.2) is 0 Å². The van der Waals surface area contributed by atoms with Gasteiger partial charge in [-0.1, -0.05) is 0 Å². The number of sulfonamides is 1. The first-order valence-corrected chi connectivity index (χ1v) is 8.79. The summed E-state index contributed by atoms with van der Waals surface area (Å²) in [5, 5.41) is 0.496. The highest BCUT2D eigenvalue weighted by atomic mass is 32.2. The average molecular weight is 304 g/mol. The highest BCUT2D eigenvalue weighted by Gasteiger charge is 2.28. The first kappa shape index (κ1) is 14.6. The van der Waals surface area contributed by atoms with E-state index in [9.17, 15) is 12.8 Å². The molecule has 1 aromatic carbocycles. The number of benzene rings is 1. The number of nitrogen functional groups attached to an aromatic ring is 1. The van der Waals surface area contributed by atoms with Crippen molar-refractivity contribution >= 4 is 27.5 Å². The average Bonchev–Trinajstić information content (AvgIpc) is 2.79. The molecule has 1 aliphatic rings. The molecule has 2 atom stereocenters. The summed E-state index contributed by atoms with van der Waals surface area (Å²) in [6.07, 6.45) is 4.67. The lowest BCUT2D eigenvalue weighted by molar-refractivity contribution is 0.550. The zero-order valence-corrected chi connectivity index (χ0v) is 12.2. The van der Waals surface area contributed by atoms with Gasteiger partial charge in [-0.15, -0.1) is 0 Å². The van der Waals surface area contributed by atoms with Crippen LogP contribution in [0.25, 0.3) is 0 Å². The Kier molecular flexibility index (Phi) is 4.37. The lowest BCUT2D eigenvalue weighted by atomic mass is 10.3. The molecule has 4 nitrogen and oxygen atoms in total. The lowest BCUT2D eigenvalue weighted by Gasteiger charge is -2.13. The van der Waals surface area contributed by atoms with E-state index in [0.29, 0.717) is 5.25 Å². The molecule has 19 heavy (non-hydrogen) atoms. The van der Waals surface area contributed by atoms with E-state index in [4.69, 9.17) is 5.73 Å². The number of nitrogens with one attached hydrogen (secondary N) is 1. The van der Waals surface area contributed by atoms with Crippen molar-refractivity contribution in [3.8, 4) is 0 Å². The number of hydrogen-bond donors (Lipinski definition) is 2. The normalized spacial score (nSPS) is 23.7. The molecule has 0 aromatic heterocycles. The Hall–Kier alpha value is -0.790. The minimum Gasteiger partial charge on any atom is -0.396 e. The third kappa shape index (κ3) is 3.40. The Morgan fingerprint density at radius 2 is 2.16 bits per heavy atom. The fourth-order valence-corrected chi connectivity index (χ4v) is 4.32. The lowest BCUT2D eigenvalue weighted by Crippen LogP contribution is -2.33. The number of thioether (sulfide) groups is 1. The molecule has 1 aromatic rings. The largest absolute Gasteiger partial charge is 0.396 e. The van der Waals surface area contributed by atoms with Crippen LogP contribution in [-0.4, -0.2) is 26.0 Å². The van der Waals surface area contributed by atoms with Crippen LogP contribution in [0.5, 0.6) is 0 Å². The van der Waals surface area contributed by atoms with Gasteiger partial charge in [0.1, 0.15) is 5.82 Å². The van der Waals surface area contributed by atoms with Gasteiger partial charge in [0.05, 0.1) is 10.6 Å². The van der Waals surface area contributed by atoms with Crippen LogP contribution in [-0.2, 0) is 10.0 Å². The van der Waals surface area contributed by atoms with E-state index in [2.05, 4.69) is 4.72 Å². The standard InChI is InChI=1S/C12H17FN2O2S2/c1-18-9-3-2-8(6-9)15-19(16,17)10-4-5-12(14)11(13)7-10/h4-5,7-9,15H,2-3,6,14H2,1H3. The minimum atomic E-state index is -3.67. The quantitative estimate of drug-likeness (QED) is 0.834.